The monoisotopic (exact) mass is 941 g/mol. The number of hydrogen-bond acceptors (Lipinski definition) is 12. The Bertz CT molecular complexity index is 1840. The van der Waals surface area contributed by atoms with Crippen molar-refractivity contribution in [2.24, 2.45) is 5.73 Å². The molecular weight excluding hydrogens is 837 g/mol. The van der Waals surface area contributed by atoms with Gasteiger partial charge in [-0.15, -0.1) is 0 Å². The number of piperidine rings is 4. The fraction of sp³-hybridized carbons (Fsp3) is 0.943. The van der Waals surface area contributed by atoms with Crippen molar-refractivity contribution in [3.8, 4) is 0 Å². The molecule has 0 saturated carbocycles. The number of quaternary nitrogens is 2. The van der Waals surface area contributed by atoms with Crippen LogP contribution in [0.1, 0.15) is 234 Å². The lowest BCUT2D eigenvalue weighted by Crippen LogP contribution is -3.09. The fourth-order valence-corrected chi connectivity index (χ4v) is 16.3. The predicted octanol–water partition coefficient (Wildman–Crippen LogP) is 8.67. The average molecular weight is 941 g/mol. The molecule has 1 aromatic heterocycles. The van der Waals surface area contributed by atoms with E-state index in [-0.39, 0.29) is 39.8 Å². The highest BCUT2D eigenvalue weighted by atomic mass is 16.6. The van der Waals surface area contributed by atoms with E-state index >= 15 is 0 Å². The topological polar surface area (TPSA) is 149 Å². The molecule has 0 spiro atoms. The molecule has 6 heterocycles. The van der Waals surface area contributed by atoms with Crippen molar-refractivity contribution in [1.82, 2.24) is 46.0 Å². The molecule has 0 amide bonds. The van der Waals surface area contributed by atoms with Gasteiger partial charge in [-0.25, -0.2) is 24.8 Å². The van der Waals surface area contributed by atoms with Gasteiger partial charge in [0.05, 0.1) is 25.2 Å². The van der Waals surface area contributed by atoms with Crippen molar-refractivity contribution in [2.45, 2.75) is 308 Å². The predicted molar refractivity (Wildman–Crippen MR) is 272 cm³/mol. The summed E-state index contributed by atoms with van der Waals surface area (Å²) >= 11 is 0. The largest absolute Gasteiger partial charge is 0.376 e. The van der Waals surface area contributed by atoms with Crippen LogP contribution >= 0.6 is 0 Å². The summed E-state index contributed by atoms with van der Waals surface area (Å²) in [5, 5.41) is 30.9. The van der Waals surface area contributed by atoms with Gasteiger partial charge in [0.2, 0.25) is 0 Å². The Hall–Kier alpha value is -1.43. The van der Waals surface area contributed by atoms with Crippen molar-refractivity contribution in [3.63, 3.8) is 0 Å². The van der Waals surface area contributed by atoms with Crippen LogP contribution in [0.15, 0.2) is 12.7 Å². The fourth-order valence-electron chi connectivity index (χ4n) is 16.3. The van der Waals surface area contributed by atoms with Crippen LogP contribution in [0.5, 0.6) is 0 Å². The summed E-state index contributed by atoms with van der Waals surface area (Å²) in [6.07, 6.45) is 17.7. The maximum Gasteiger partial charge on any atom is 0.287 e. The van der Waals surface area contributed by atoms with E-state index in [1.165, 1.54) is 0 Å². The van der Waals surface area contributed by atoms with Gasteiger partial charge in [-0.2, -0.15) is 16.0 Å². The normalized spacial score (nSPS) is 37.7. The number of nitrogens with two attached hydrogens (primary N) is 1. The smallest absolute Gasteiger partial charge is 0.287 e. The van der Waals surface area contributed by atoms with Gasteiger partial charge in [0, 0.05) is 53.4 Å². The number of ether oxygens (including phenoxy) is 1. The zero-order valence-electron chi connectivity index (χ0n) is 47.0. The molecular formula is C53H104N12O2+2. The molecule has 0 aliphatic carbocycles. The molecule has 14 heteroatoms. The van der Waals surface area contributed by atoms with E-state index in [2.05, 4.69) is 176 Å². The third kappa shape index (κ3) is 8.90. The Morgan fingerprint density at radius 3 is 1.43 bits per heavy atom. The van der Waals surface area contributed by atoms with Gasteiger partial charge in [-0.3, -0.25) is 14.3 Å². The maximum atomic E-state index is 12.3. The second kappa shape index (κ2) is 17.1. The lowest BCUT2D eigenvalue weighted by molar-refractivity contribution is -1.10. The Labute approximate surface area is 409 Å². The molecule has 14 nitrogen and oxygen atoms in total. The number of rotatable bonds is 13. The molecule has 0 bridgehead atoms. The summed E-state index contributed by atoms with van der Waals surface area (Å²) < 4.78 is 8.93. The minimum atomic E-state index is -1.45. The van der Waals surface area contributed by atoms with Crippen LogP contribution in [0.4, 0.5) is 0 Å². The number of likely N-dealkylation sites (tertiary alicyclic amines) is 4. The second-order valence-corrected chi connectivity index (χ2v) is 28.4. The quantitative estimate of drug-likeness (QED) is 0.0639. The van der Waals surface area contributed by atoms with Gasteiger partial charge in [0.1, 0.15) is 36.1 Å². The van der Waals surface area contributed by atoms with Crippen molar-refractivity contribution in [1.29, 1.82) is 0 Å². The van der Waals surface area contributed by atoms with Crippen LogP contribution in [0.25, 0.3) is 0 Å². The summed E-state index contributed by atoms with van der Waals surface area (Å²) in [7, 11) is 5.03. The number of nitrogens with one attached hydrogen (secondary N) is 4. The summed E-state index contributed by atoms with van der Waals surface area (Å²) in [4.78, 5) is 19.4. The van der Waals surface area contributed by atoms with Crippen molar-refractivity contribution < 1.29 is 18.8 Å². The third-order valence-electron chi connectivity index (χ3n) is 19.3. The SMILES string of the molecule is CCCCCC(C)(C)NC1(OCc2ncncn2)NC(N2C(C)(C)CCCC2(C)C)([N+]2(C)C(C)(C)CCCC2(C)C)NC(N2C(C)(C)CCCC2(C)C)([N+]2(C)C(C)(C)CC(N)(O)CC2(C)C)N1. The van der Waals surface area contributed by atoms with Crippen LogP contribution in [0, 0.1) is 0 Å². The van der Waals surface area contributed by atoms with Gasteiger partial charge in [0.25, 0.3) is 17.8 Å². The maximum absolute atomic E-state index is 12.3. The van der Waals surface area contributed by atoms with Gasteiger partial charge in [-0.05, 0) is 176 Å². The first-order valence-corrected chi connectivity index (χ1v) is 26.5. The van der Waals surface area contributed by atoms with Crippen LogP contribution in [-0.2, 0) is 11.3 Å². The highest BCUT2D eigenvalue weighted by molar-refractivity contribution is 5.15. The van der Waals surface area contributed by atoms with Crippen molar-refractivity contribution >= 4 is 0 Å². The lowest BCUT2D eigenvalue weighted by Gasteiger charge is -2.80. The number of nitrogens with zero attached hydrogens (tertiary/aromatic N) is 7. The van der Waals surface area contributed by atoms with Crippen LogP contribution in [-0.4, -0.2) is 126 Å². The van der Waals surface area contributed by atoms with Gasteiger partial charge in [-0.1, -0.05) is 26.2 Å². The van der Waals surface area contributed by atoms with Crippen LogP contribution in [0.3, 0.4) is 0 Å². The second-order valence-electron chi connectivity index (χ2n) is 28.4. The Balaban J connectivity index is 1.92. The van der Waals surface area contributed by atoms with E-state index in [0.717, 1.165) is 83.5 Å². The standard InChI is InChI=1S/C53H104N12O2/c1-22-23-24-28-41(2,3)58-51(67-35-40-56-38-55-39-57-40)59-52(62-42(4,5)29-25-30-43(62,6)7,64(20)46(12,13)33-27-34-47(64,14)15)61-53(60-51,63-44(8,9)31-26-32-45(63,10)11)65(21)48(16,17)36-50(54,66)37-49(65,18)19/h38-39,58-61,66H,22-37,54H2,1-21H3/q+2. The first kappa shape index (κ1) is 54.9. The number of aromatic nitrogens is 3. The molecule has 67 heavy (non-hydrogen) atoms. The minimum absolute atomic E-state index is 0.113. The van der Waals surface area contributed by atoms with Gasteiger partial charge in [0.15, 0.2) is 5.82 Å². The number of aliphatic hydroxyl groups is 1. The first-order chi connectivity index (χ1) is 30.2. The molecule has 5 saturated heterocycles. The zero-order valence-corrected chi connectivity index (χ0v) is 47.0. The molecule has 5 fully saturated rings. The molecule has 7 N–H and O–H groups in total. The van der Waals surface area contributed by atoms with E-state index in [0.29, 0.717) is 27.6 Å². The summed E-state index contributed by atoms with van der Waals surface area (Å²) in [6, 6.07) is 0. The number of hydrogen-bond donors (Lipinski definition) is 6. The van der Waals surface area contributed by atoms with Crippen molar-refractivity contribution in [3.05, 3.63) is 18.5 Å². The average Bonchev–Trinajstić information content (AvgIpc) is 3.12. The third-order valence-corrected chi connectivity index (χ3v) is 19.3. The molecule has 1 aromatic rings. The van der Waals surface area contributed by atoms with E-state index in [9.17, 15) is 5.11 Å². The van der Waals surface area contributed by atoms with E-state index in [4.69, 9.17) is 25.8 Å². The summed E-state index contributed by atoms with van der Waals surface area (Å²) in [5.74, 6) is -3.13. The highest BCUT2D eigenvalue weighted by Crippen LogP contribution is 2.61. The van der Waals surface area contributed by atoms with Gasteiger partial charge >= 0.3 is 0 Å². The molecule has 0 radical (unpaired) electrons. The molecule has 3 unspecified atom stereocenters. The highest BCUT2D eigenvalue weighted by Gasteiger charge is 2.84. The molecule has 5 aliphatic rings. The summed E-state index contributed by atoms with van der Waals surface area (Å²) in [6.45, 7) is 46.4. The molecule has 5 aliphatic heterocycles. The van der Waals surface area contributed by atoms with Crippen molar-refractivity contribution in [2.75, 3.05) is 14.1 Å². The molecule has 0 aromatic carbocycles. The summed E-state index contributed by atoms with van der Waals surface area (Å²) in [5.41, 5.74) is 2.17. The molecule has 3 atom stereocenters. The molecule has 386 valence electrons. The Kier molecular flexibility index (Phi) is 14.0. The van der Waals surface area contributed by atoms with E-state index < -0.39 is 40.1 Å². The lowest BCUT2D eigenvalue weighted by atomic mass is 9.69. The number of unbranched alkanes of at least 4 members (excludes halogenated alkanes) is 2. The Morgan fingerprint density at radius 2 is 1.03 bits per heavy atom. The Morgan fingerprint density at radius 1 is 0.642 bits per heavy atom. The van der Waals surface area contributed by atoms with Crippen LogP contribution in [0.2, 0.25) is 0 Å². The van der Waals surface area contributed by atoms with Gasteiger partial charge < -0.3 is 15.6 Å². The van der Waals surface area contributed by atoms with E-state index in [1.54, 1.807) is 12.7 Å². The minimum Gasteiger partial charge on any atom is -0.376 e. The van der Waals surface area contributed by atoms with E-state index in [1.807, 2.05) is 0 Å². The zero-order chi connectivity index (χ0) is 50.6. The van der Waals surface area contributed by atoms with Crippen LogP contribution < -0.4 is 27.0 Å². The first-order valence-electron chi connectivity index (χ1n) is 26.5. The molecule has 6 rings (SSSR count).